The van der Waals surface area contributed by atoms with Crippen LogP contribution in [0, 0.1) is 11.3 Å². The van der Waals surface area contributed by atoms with Gasteiger partial charge in [-0.15, -0.1) is 0 Å². The monoisotopic (exact) mass is 408 g/mol. The molecule has 0 saturated heterocycles. The van der Waals surface area contributed by atoms with Crippen molar-refractivity contribution >= 4 is 17.7 Å². The maximum absolute atomic E-state index is 12.7. The van der Waals surface area contributed by atoms with Crippen molar-refractivity contribution in [3.63, 3.8) is 0 Å². The molecule has 3 rings (SSSR count). The van der Waals surface area contributed by atoms with Crippen molar-refractivity contribution in [3.8, 4) is 29.1 Å². The van der Waals surface area contributed by atoms with Gasteiger partial charge in [-0.25, -0.2) is 0 Å². The molecule has 0 radical (unpaired) electrons. The number of carbonyl (C=O) groups excluding carboxylic acids is 1. The molecule has 0 saturated carbocycles. The number of fused-ring (bicyclic) bond motifs is 1. The van der Waals surface area contributed by atoms with Gasteiger partial charge in [0, 0.05) is 29.3 Å². The van der Waals surface area contributed by atoms with Gasteiger partial charge < -0.3 is 24.3 Å². The Bertz CT molecular complexity index is 1020. The zero-order chi connectivity index (χ0) is 21.7. The number of ether oxygens (including phenoxy) is 4. The van der Waals surface area contributed by atoms with Crippen LogP contribution < -0.4 is 24.3 Å². The Morgan fingerprint density at radius 3 is 2.67 bits per heavy atom. The van der Waals surface area contributed by atoms with E-state index in [0.717, 1.165) is 17.7 Å². The van der Waals surface area contributed by atoms with E-state index in [2.05, 4.69) is 5.32 Å². The first kappa shape index (κ1) is 21.1. The number of hydrogen-bond acceptors (Lipinski definition) is 6. The van der Waals surface area contributed by atoms with Crippen LogP contribution in [0.3, 0.4) is 0 Å². The summed E-state index contributed by atoms with van der Waals surface area (Å²) in [6, 6.07) is 10.7. The van der Waals surface area contributed by atoms with Gasteiger partial charge in [-0.3, -0.25) is 4.79 Å². The average Bonchev–Trinajstić information content (AvgIpc) is 3.10. The first-order chi connectivity index (χ1) is 14.5. The van der Waals surface area contributed by atoms with Crippen molar-refractivity contribution in [2.45, 2.75) is 26.4 Å². The lowest BCUT2D eigenvalue weighted by Gasteiger charge is -2.12. The number of rotatable bonds is 7. The lowest BCUT2D eigenvalue weighted by molar-refractivity contribution is -0.112. The summed E-state index contributed by atoms with van der Waals surface area (Å²) in [5.41, 5.74) is 2.09. The van der Waals surface area contributed by atoms with Crippen LogP contribution in [0.2, 0.25) is 0 Å². The molecule has 1 N–H and O–H groups in total. The highest BCUT2D eigenvalue weighted by Crippen LogP contribution is 2.36. The summed E-state index contributed by atoms with van der Waals surface area (Å²) in [6.07, 6.45) is 2.38. The minimum atomic E-state index is -0.540. The summed E-state index contributed by atoms with van der Waals surface area (Å²) in [5, 5.41) is 12.3. The van der Waals surface area contributed by atoms with Crippen LogP contribution in [-0.2, 0) is 11.2 Å². The molecule has 7 nitrogen and oxygen atoms in total. The van der Waals surface area contributed by atoms with Gasteiger partial charge in [-0.1, -0.05) is 0 Å². The van der Waals surface area contributed by atoms with Crippen molar-refractivity contribution in [2.24, 2.45) is 0 Å². The predicted octanol–water partition coefficient (Wildman–Crippen LogP) is 3.97. The fraction of sp³-hybridized carbons (Fsp3) is 0.304. The lowest BCUT2D eigenvalue weighted by atomic mass is 10.0. The van der Waals surface area contributed by atoms with E-state index in [0.29, 0.717) is 35.1 Å². The van der Waals surface area contributed by atoms with E-state index in [4.69, 9.17) is 18.9 Å². The van der Waals surface area contributed by atoms with Crippen molar-refractivity contribution in [2.75, 3.05) is 26.1 Å². The fourth-order valence-corrected chi connectivity index (χ4v) is 3.26. The van der Waals surface area contributed by atoms with Crippen LogP contribution >= 0.6 is 0 Å². The number of nitrogens with zero attached hydrogens (tertiary/aromatic N) is 1. The number of amides is 1. The van der Waals surface area contributed by atoms with E-state index < -0.39 is 5.91 Å². The third-order valence-corrected chi connectivity index (χ3v) is 4.63. The molecule has 0 spiro atoms. The summed E-state index contributed by atoms with van der Waals surface area (Å²) >= 11 is 0. The number of nitrogens with one attached hydrogen (secondary N) is 1. The number of nitriles is 1. The Kier molecular flexibility index (Phi) is 6.48. The second-order valence-electron chi connectivity index (χ2n) is 6.76. The lowest BCUT2D eigenvalue weighted by Crippen LogP contribution is -2.13. The third kappa shape index (κ3) is 4.49. The number of benzene rings is 2. The van der Waals surface area contributed by atoms with Gasteiger partial charge in [-0.05, 0) is 44.2 Å². The molecule has 0 unspecified atom stereocenters. The molecule has 2 aromatic carbocycles. The maximum Gasteiger partial charge on any atom is 0.266 e. The second kappa shape index (κ2) is 9.23. The number of hydrogen-bond donors (Lipinski definition) is 1. The Labute approximate surface area is 175 Å². The summed E-state index contributed by atoms with van der Waals surface area (Å²) in [4.78, 5) is 12.7. The average molecular weight is 408 g/mol. The van der Waals surface area contributed by atoms with E-state index in [1.54, 1.807) is 18.2 Å². The minimum absolute atomic E-state index is 0.0586. The Morgan fingerprint density at radius 1 is 1.23 bits per heavy atom. The minimum Gasteiger partial charge on any atom is -0.493 e. The molecule has 1 amide bonds. The first-order valence-electron chi connectivity index (χ1n) is 9.60. The van der Waals surface area contributed by atoms with Gasteiger partial charge in [-0.2, -0.15) is 5.26 Å². The highest BCUT2D eigenvalue weighted by Gasteiger charge is 2.22. The standard InChI is InChI=1S/C23H24N2O5/c1-5-29-20-10-15-8-14(2)30-21(15)11-16(20)9-17(13-24)23(26)25-18-6-7-19(27-3)22(12-18)28-4/h6-7,9-12,14H,5,8H2,1-4H3,(H,25,26)/b17-9+/t14-/m1/s1. The summed E-state index contributed by atoms with van der Waals surface area (Å²) in [6.45, 7) is 4.34. The Hall–Kier alpha value is -3.66. The third-order valence-electron chi connectivity index (χ3n) is 4.63. The first-order valence-corrected chi connectivity index (χ1v) is 9.60. The zero-order valence-corrected chi connectivity index (χ0v) is 17.4. The molecule has 1 aliphatic rings. The normalized spacial score (nSPS) is 14.9. The van der Waals surface area contributed by atoms with Crippen LogP contribution in [0.15, 0.2) is 35.9 Å². The van der Waals surface area contributed by atoms with Gasteiger partial charge >= 0.3 is 0 Å². The van der Waals surface area contributed by atoms with E-state index in [9.17, 15) is 10.1 Å². The largest absolute Gasteiger partial charge is 0.493 e. The van der Waals surface area contributed by atoms with E-state index in [-0.39, 0.29) is 11.7 Å². The second-order valence-corrected chi connectivity index (χ2v) is 6.76. The predicted molar refractivity (Wildman–Crippen MR) is 113 cm³/mol. The summed E-state index contributed by atoms with van der Waals surface area (Å²) in [5.74, 6) is 1.83. The number of carbonyl (C=O) groups is 1. The topological polar surface area (TPSA) is 89.8 Å². The van der Waals surface area contributed by atoms with Crippen molar-refractivity contribution in [1.29, 1.82) is 5.26 Å². The molecule has 1 aliphatic heterocycles. The summed E-state index contributed by atoms with van der Waals surface area (Å²) < 4.78 is 22.0. The van der Waals surface area contributed by atoms with E-state index in [1.807, 2.05) is 32.0 Å². The number of methoxy groups -OCH3 is 2. The molecule has 0 aromatic heterocycles. The molecule has 1 heterocycles. The van der Waals surface area contributed by atoms with Gasteiger partial charge in [0.25, 0.3) is 5.91 Å². The summed E-state index contributed by atoms with van der Waals surface area (Å²) in [7, 11) is 3.04. The molecule has 0 fully saturated rings. The van der Waals surface area contributed by atoms with Crippen molar-refractivity contribution in [1.82, 2.24) is 0 Å². The van der Waals surface area contributed by atoms with Gasteiger partial charge in [0.2, 0.25) is 0 Å². The number of anilines is 1. The van der Waals surface area contributed by atoms with Crippen LogP contribution in [-0.4, -0.2) is 32.8 Å². The molecule has 0 bridgehead atoms. The van der Waals surface area contributed by atoms with Crippen molar-refractivity contribution in [3.05, 3.63) is 47.0 Å². The zero-order valence-electron chi connectivity index (χ0n) is 17.4. The quantitative estimate of drug-likeness (QED) is 0.551. The molecule has 0 aliphatic carbocycles. The molecule has 2 aromatic rings. The smallest absolute Gasteiger partial charge is 0.266 e. The van der Waals surface area contributed by atoms with Crippen LogP contribution in [0.1, 0.15) is 25.0 Å². The van der Waals surface area contributed by atoms with Gasteiger partial charge in [0.15, 0.2) is 11.5 Å². The molecule has 156 valence electrons. The highest BCUT2D eigenvalue weighted by atomic mass is 16.5. The molecule has 1 atom stereocenters. The molecular weight excluding hydrogens is 384 g/mol. The van der Waals surface area contributed by atoms with Gasteiger partial charge in [0.05, 0.1) is 20.8 Å². The van der Waals surface area contributed by atoms with Crippen LogP contribution in [0.5, 0.6) is 23.0 Å². The Balaban J connectivity index is 1.89. The molecular formula is C23H24N2O5. The van der Waals surface area contributed by atoms with Crippen LogP contribution in [0.25, 0.3) is 6.08 Å². The molecule has 30 heavy (non-hydrogen) atoms. The maximum atomic E-state index is 12.7. The fourth-order valence-electron chi connectivity index (χ4n) is 3.26. The van der Waals surface area contributed by atoms with E-state index in [1.165, 1.54) is 20.3 Å². The SMILES string of the molecule is CCOc1cc2c(cc1/C=C(\C#N)C(=O)Nc1ccc(OC)c(OC)c1)O[C@H](C)C2. The molecule has 7 heteroatoms. The van der Waals surface area contributed by atoms with Crippen LogP contribution in [0.4, 0.5) is 5.69 Å². The van der Waals surface area contributed by atoms with E-state index >= 15 is 0 Å². The van der Waals surface area contributed by atoms with Gasteiger partial charge in [0.1, 0.15) is 29.2 Å². The van der Waals surface area contributed by atoms with Crippen molar-refractivity contribution < 1.29 is 23.7 Å². The highest BCUT2D eigenvalue weighted by molar-refractivity contribution is 6.10. The Morgan fingerprint density at radius 2 is 2.00 bits per heavy atom.